The predicted molar refractivity (Wildman–Crippen MR) is 123 cm³/mol. The van der Waals surface area contributed by atoms with Crippen molar-refractivity contribution in [2.75, 3.05) is 12.0 Å². The van der Waals surface area contributed by atoms with Crippen LogP contribution in [0.15, 0.2) is 0 Å². The van der Waals surface area contributed by atoms with Crippen molar-refractivity contribution in [3.05, 3.63) is 0 Å². The zero-order valence-corrected chi connectivity index (χ0v) is 20.2. The topological polar surface area (TPSA) is 194 Å². The van der Waals surface area contributed by atoms with E-state index < -0.39 is 60.2 Å². The Hall–Kier alpha value is -2.34. The molecule has 0 aromatic heterocycles. The molecule has 4 atom stereocenters. The zero-order chi connectivity index (χ0) is 25.0. The number of carboxylic acids is 1. The number of thioether (sulfide) groups is 1. The Morgan fingerprint density at radius 2 is 1.38 bits per heavy atom. The highest BCUT2D eigenvalue weighted by Crippen LogP contribution is 2.09. The van der Waals surface area contributed by atoms with Crippen molar-refractivity contribution in [1.82, 2.24) is 16.0 Å². The van der Waals surface area contributed by atoms with E-state index in [-0.39, 0.29) is 24.7 Å². The molecule has 0 aliphatic carbocycles. The van der Waals surface area contributed by atoms with Crippen molar-refractivity contribution in [2.45, 2.75) is 71.1 Å². The molecule has 0 aromatic carbocycles. The van der Waals surface area contributed by atoms with Crippen LogP contribution in [-0.2, 0) is 24.0 Å². The average molecular weight is 476 g/mol. The van der Waals surface area contributed by atoms with Gasteiger partial charge in [-0.3, -0.25) is 19.2 Å². The smallest absolute Gasteiger partial charge is 0.326 e. The summed E-state index contributed by atoms with van der Waals surface area (Å²) in [4.78, 5) is 60.8. The summed E-state index contributed by atoms with van der Waals surface area (Å²) in [6.45, 7) is 7.12. The Kier molecular flexibility index (Phi) is 13.6. The van der Waals surface area contributed by atoms with E-state index in [2.05, 4.69) is 16.0 Å². The molecule has 0 bridgehead atoms. The summed E-state index contributed by atoms with van der Waals surface area (Å²) in [5.41, 5.74) is 11.0. The minimum Gasteiger partial charge on any atom is -0.480 e. The second kappa shape index (κ2) is 14.7. The van der Waals surface area contributed by atoms with Crippen molar-refractivity contribution < 1.29 is 29.1 Å². The van der Waals surface area contributed by atoms with Gasteiger partial charge in [-0.1, -0.05) is 27.7 Å². The number of primary amides is 1. The molecule has 0 aromatic rings. The van der Waals surface area contributed by atoms with E-state index >= 15 is 0 Å². The maximum atomic E-state index is 12.8. The van der Waals surface area contributed by atoms with Gasteiger partial charge in [0.1, 0.15) is 18.1 Å². The summed E-state index contributed by atoms with van der Waals surface area (Å²) in [5.74, 6) is -3.77. The standard InChI is InChI=1S/C20H37N5O6S/c1-10(2)8-13(17(27)23-12(20(30)31)6-7-32-5)24-18(28)14(9-15(21)26)25-19(29)16(22)11(3)4/h10-14,16H,6-9,22H2,1-5H3,(H2,21,26)(H,23,27)(H,24,28)(H,25,29)(H,30,31). The molecule has 0 saturated heterocycles. The lowest BCUT2D eigenvalue weighted by Gasteiger charge is -2.26. The lowest BCUT2D eigenvalue weighted by Crippen LogP contribution is -2.58. The highest BCUT2D eigenvalue weighted by Gasteiger charge is 2.31. The molecule has 0 heterocycles. The van der Waals surface area contributed by atoms with Gasteiger partial charge in [0.2, 0.25) is 23.6 Å². The molecular formula is C20H37N5O6S. The molecule has 0 rings (SSSR count). The Bertz CT molecular complexity index is 673. The third-order valence-corrected chi connectivity index (χ3v) is 5.27. The van der Waals surface area contributed by atoms with E-state index in [1.807, 2.05) is 20.1 Å². The first-order valence-electron chi connectivity index (χ1n) is 10.5. The first-order valence-corrected chi connectivity index (χ1v) is 11.9. The average Bonchev–Trinajstić information content (AvgIpc) is 2.67. The summed E-state index contributed by atoms with van der Waals surface area (Å²) >= 11 is 1.45. The van der Waals surface area contributed by atoms with E-state index in [9.17, 15) is 29.1 Å². The third kappa shape index (κ3) is 11.3. The molecule has 184 valence electrons. The van der Waals surface area contributed by atoms with Gasteiger partial charge >= 0.3 is 5.97 Å². The van der Waals surface area contributed by atoms with Gasteiger partial charge in [0.05, 0.1) is 12.5 Å². The summed E-state index contributed by atoms with van der Waals surface area (Å²) in [7, 11) is 0. The molecule has 32 heavy (non-hydrogen) atoms. The van der Waals surface area contributed by atoms with Crippen molar-refractivity contribution in [3.8, 4) is 0 Å². The molecular weight excluding hydrogens is 438 g/mol. The van der Waals surface area contributed by atoms with Crippen LogP contribution in [0.4, 0.5) is 0 Å². The fraction of sp³-hybridized carbons (Fsp3) is 0.750. The third-order valence-electron chi connectivity index (χ3n) is 4.62. The first-order chi connectivity index (χ1) is 14.8. The molecule has 12 heteroatoms. The van der Waals surface area contributed by atoms with Gasteiger partial charge in [0, 0.05) is 0 Å². The van der Waals surface area contributed by atoms with Crippen LogP contribution in [-0.4, -0.2) is 70.9 Å². The second-order valence-electron chi connectivity index (χ2n) is 8.37. The molecule has 0 saturated carbocycles. The van der Waals surface area contributed by atoms with E-state index in [0.29, 0.717) is 5.75 Å². The van der Waals surface area contributed by atoms with Gasteiger partial charge in [0.25, 0.3) is 0 Å². The Morgan fingerprint density at radius 1 is 0.875 bits per heavy atom. The monoisotopic (exact) mass is 475 g/mol. The number of aliphatic carboxylic acids is 1. The molecule has 11 nitrogen and oxygen atoms in total. The Morgan fingerprint density at radius 3 is 1.81 bits per heavy atom. The number of nitrogens with one attached hydrogen (secondary N) is 3. The molecule has 4 amide bonds. The van der Waals surface area contributed by atoms with Gasteiger partial charge < -0.3 is 32.5 Å². The fourth-order valence-corrected chi connectivity index (χ4v) is 3.19. The fourth-order valence-electron chi connectivity index (χ4n) is 2.72. The van der Waals surface area contributed by atoms with Gasteiger partial charge in [-0.15, -0.1) is 0 Å². The van der Waals surface area contributed by atoms with Crippen LogP contribution in [0.1, 0.15) is 47.0 Å². The van der Waals surface area contributed by atoms with Crippen molar-refractivity contribution in [2.24, 2.45) is 23.3 Å². The summed E-state index contributed by atoms with van der Waals surface area (Å²) in [5, 5.41) is 16.7. The van der Waals surface area contributed by atoms with E-state index in [1.165, 1.54) is 11.8 Å². The van der Waals surface area contributed by atoms with E-state index in [1.54, 1.807) is 13.8 Å². The number of carbonyl (C=O) groups excluding carboxylic acids is 4. The van der Waals surface area contributed by atoms with Crippen LogP contribution in [0, 0.1) is 11.8 Å². The van der Waals surface area contributed by atoms with Crippen LogP contribution in [0.5, 0.6) is 0 Å². The molecule has 8 N–H and O–H groups in total. The van der Waals surface area contributed by atoms with Crippen LogP contribution in [0.25, 0.3) is 0 Å². The largest absolute Gasteiger partial charge is 0.480 e. The summed E-state index contributed by atoms with van der Waals surface area (Å²) in [6.07, 6.45) is 1.78. The van der Waals surface area contributed by atoms with Gasteiger partial charge in [-0.25, -0.2) is 4.79 Å². The predicted octanol–water partition coefficient (Wildman–Crippen LogP) is -0.817. The van der Waals surface area contributed by atoms with E-state index in [4.69, 9.17) is 11.5 Å². The first kappa shape index (κ1) is 29.7. The van der Waals surface area contributed by atoms with Gasteiger partial charge in [-0.2, -0.15) is 11.8 Å². The lowest BCUT2D eigenvalue weighted by molar-refractivity contribution is -0.142. The highest BCUT2D eigenvalue weighted by atomic mass is 32.2. The second-order valence-corrected chi connectivity index (χ2v) is 9.36. The van der Waals surface area contributed by atoms with Crippen LogP contribution in [0.3, 0.4) is 0 Å². The number of hydrogen-bond donors (Lipinski definition) is 6. The lowest BCUT2D eigenvalue weighted by atomic mass is 10.0. The molecule has 0 aliphatic rings. The minimum atomic E-state index is -1.32. The number of rotatable bonds is 15. The summed E-state index contributed by atoms with van der Waals surface area (Å²) in [6, 6.07) is -4.39. The number of hydrogen-bond acceptors (Lipinski definition) is 7. The number of carboxylic acid groups (broad SMARTS) is 1. The number of amides is 4. The number of nitrogens with two attached hydrogens (primary N) is 2. The maximum absolute atomic E-state index is 12.8. The normalized spacial score (nSPS) is 14.9. The number of carbonyl (C=O) groups is 5. The van der Waals surface area contributed by atoms with Crippen LogP contribution >= 0.6 is 11.8 Å². The molecule has 0 radical (unpaired) electrons. The Balaban J connectivity index is 5.49. The molecule has 4 unspecified atom stereocenters. The van der Waals surface area contributed by atoms with Gasteiger partial charge in [-0.05, 0) is 36.7 Å². The Labute approximate surface area is 193 Å². The quantitative estimate of drug-likeness (QED) is 0.177. The minimum absolute atomic E-state index is 0.0147. The molecule has 0 fully saturated rings. The van der Waals surface area contributed by atoms with Crippen LogP contribution < -0.4 is 27.4 Å². The van der Waals surface area contributed by atoms with E-state index in [0.717, 1.165) is 0 Å². The van der Waals surface area contributed by atoms with Crippen molar-refractivity contribution >= 4 is 41.4 Å². The summed E-state index contributed by atoms with van der Waals surface area (Å²) < 4.78 is 0. The highest BCUT2D eigenvalue weighted by molar-refractivity contribution is 7.98. The van der Waals surface area contributed by atoms with Gasteiger partial charge in [0.15, 0.2) is 0 Å². The maximum Gasteiger partial charge on any atom is 0.326 e. The van der Waals surface area contributed by atoms with Crippen LogP contribution in [0.2, 0.25) is 0 Å². The zero-order valence-electron chi connectivity index (χ0n) is 19.3. The SMILES string of the molecule is CSCCC(NC(=O)C(CC(C)C)NC(=O)C(CC(N)=O)NC(=O)C(N)C(C)C)C(=O)O. The molecule has 0 spiro atoms. The van der Waals surface area contributed by atoms with Crippen molar-refractivity contribution in [3.63, 3.8) is 0 Å². The van der Waals surface area contributed by atoms with Crippen molar-refractivity contribution in [1.29, 1.82) is 0 Å². The molecule has 0 aliphatic heterocycles.